The lowest BCUT2D eigenvalue weighted by molar-refractivity contribution is -0.118. The number of amides is 1. The van der Waals surface area contributed by atoms with Crippen LogP contribution in [0.2, 0.25) is 0 Å². The van der Waals surface area contributed by atoms with Crippen LogP contribution in [0.4, 0.5) is 10.1 Å². The Morgan fingerprint density at radius 3 is 2.44 bits per heavy atom. The fraction of sp³-hybridized carbons (Fsp3) is 0.533. The third kappa shape index (κ3) is 3.09. The number of anilines is 1. The SMILES string of the molecule is CCC1(CC(=O)Nc2ccc(F)cc2)CCCC1. The Bertz CT molecular complexity index is 407. The monoisotopic (exact) mass is 249 g/mol. The van der Waals surface area contributed by atoms with Crippen LogP contribution in [0, 0.1) is 11.2 Å². The molecule has 0 radical (unpaired) electrons. The highest BCUT2D eigenvalue weighted by Crippen LogP contribution is 2.43. The number of carbonyl (C=O) groups excluding carboxylic acids is 1. The molecule has 0 aromatic heterocycles. The molecule has 1 aliphatic carbocycles. The van der Waals surface area contributed by atoms with Gasteiger partial charge in [-0.15, -0.1) is 0 Å². The quantitative estimate of drug-likeness (QED) is 0.854. The Labute approximate surface area is 108 Å². The van der Waals surface area contributed by atoms with E-state index in [4.69, 9.17) is 0 Å². The molecule has 3 heteroatoms. The summed E-state index contributed by atoms with van der Waals surface area (Å²) in [4.78, 5) is 12.0. The minimum Gasteiger partial charge on any atom is -0.326 e. The van der Waals surface area contributed by atoms with Crippen LogP contribution >= 0.6 is 0 Å². The highest BCUT2D eigenvalue weighted by atomic mass is 19.1. The fourth-order valence-electron chi connectivity index (χ4n) is 2.86. The van der Waals surface area contributed by atoms with Crippen molar-refractivity contribution in [2.45, 2.75) is 45.4 Å². The van der Waals surface area contributed by atoms with Crippen LogP contribution in [-0.2, 0) is 4.79 Å². The van der Waals surface area contributed by atoms with Crippen molar-refractivity contribution in [2.24, 2.45) is 5.41 Å². The molecule has 1 amide bonds. The molecule has 18 heavy (non-hydrogen) atoms. The average molecular weight is 249 g/mol. The van der Waals surface area contributed by atoms with E-state index in [0.717, 1.165) is 19.3 Å². The number of hydrogen-bond donors (Lipinski definition) is 1. The number of carbonyl (C=O) groups is 1. The summed E-state index contributed by atoms with van der Waals surface area (Å²) in [7, 11) is 0. The van der Waals surface area contributed by atoms with Crippen LogP contribution < -0.4 is 5.32 Å². The van der Waals surface area contributed by atoms with E-state index in [0.29, 0.717) is 12.1 Å². The van der Waals surface area contributed by atoms with Crippen LogP contribution in [0.1, 0.15) is 45.4 Å². The lowest BCUT2D eigenvalue weighted by Gasteiger charge is -2.26. The summed E-state index contributed by atoms with van der Waals surface area (Å²) in [5, 5.41) is 2.85. The summed E-state index contributed by atoms with van der Waals surface area (Å²) in [6, 6.07) is 5.92. The molecule has 0 atom stereocenters. The highest BCUT2D eigenvalue weighted by Gasteiger charge is 2.34. The van der Waals surface area contributed by atoms with Crippen LogP contribution in [0.3, 0.4) is 0 Å². The summed E-state index contributed by atoms with van der Waals surface area (Å²) < 4.78 is 12.8. The van der Waals surface area contributed by atoms with Crippen LogP contribution in [0.5, 0.6) is 0 Å². The number of hydrogen-bond acceptors (Lipinski definition) is 1. The second-order valence-corrected chi connectivity index (χ2v) is 5.29. The van der Waals surface area contributed by atoms with Crippen molar-refractivity contribution in [3.8, 4) is 0 Å². The van der Waals surface area contributed by atoms with Gasteiger partial charge in [-0.2, -0.15) is 0 Å². The molecule has 1 N–H and O–H groups in total. The van der Waals surface area contributed by atoms with Crippen molar-refractivity contribution < 1.29 is 9.18 Å². The molecule has 2 nitrogen and oxygen atoms in total. The predicted molar refractivity (Wildman–Crippen MR) is 70.8 cm³/mol. The van der Waals surface area contributed by atoms with E-state index < -0.39 is 0 Å². The Balaban J connectivity index is 1.94. The third-order valence-electron chi connectivity index (χ3n) is 4.08. The van der Waals surface area contributed by atoms with E-state index in [2.05, 4.69) is 12.2 Å². The van der Waals surface area contributed by atoms with Gasteiger partial charge in [0.05, 0.1) is 0 Å². The van der Waals surface area contributed by atoms with E-state index in [9.17, 15) is 9.18 Å². The van der Waals surface area contributed by atoms with Gasteiger partial charge in [0.15, 0.2) is 0 Å². The molecule has 0 aliphatic heterocycles. The second kappa shape index (κ2) is 5.51. The molecule has 1 saturated carbocycles. The van der Waals surface area contributed by atoms with Crippen molar-refractivity contribution in [1.29, 1.82) is 0 Å². The minimum atomic E-state index is -0.283. The summed E-state index contributed by atoms with van der Waals surface area (Å²) in [5.41, 5.74) is 0.870. The van der Waals surface area contributed by atoms with E-state index in [1.165, 1.54) is 25.0 Å². The Morgan fingerprint density at radius 2 is 1.89 bits per heavy atom. The summed E-state index contributed by atoms with van der Waals surface area (Å²) in [5.74, 6) is -0.237. The van der Waals surface area contributed by atoms with Gasteiger partial charge < -0.3 is 5.32 Å². The molecule has 98 valence electrons. The first kappa shape index (κ1) is 13.1. The zero-order chi connectivity index (χ0) is 13.0. The van der Waals surface area contributed by atoms with Gasteiger partial charge in [0.25, 0.3) is 0 Å². The molecule has 1 aliphatic rings. The number of nitrogens with one attached hydrogen (secondary N) is 1. The second-order valence-electron chi connectivity index (χ2n) is 5.29. The molecule has 2 rings (SSSR count). The first-order chi connectivity index (χ1) is 8.63. The summed E-state index contributed by atoms with van der Waals surface area (Å²) >= 11 is 0. The van der Waals surface area contributed by atoms with Crippen LogP contribution in [-0.4, -0.2) is 5.91 Å². The van der Waals surface area contributed by atoms with Gasteiger partial charge in [0.2, 0.25) is 5.91 Å². The number of halogens is 1. The van der Waals surface area contributed by atoms with Crippen molar-refractivity contribution in [1.82, 2.24) is 0 Å². The standard InChI is InChI=1S/C15H20FNO/c1-2-15(9-3-4-10-15)11-14(18)17-13-7-5-12(16)6-8-13/h5-8H,2-4,9-11H2,1H3,(H,17,18). The Hall–Kier alpha value is -1.38. The average Bonchev–Trinajstić information content (AvgIpc) is 2.81. The first-order valence-electron chi connectivity index (χ1n) is 6.69. The molecule has 1 fully saturated rings. The minimum absolute atomic E-state index is 0.0466. The number of rotatable bonds is 4. The molecule has 0 heterocycles. The van der Waals surface area contributed by atoms with Crippen molar-refractivity contribution in [2.75, 3.05) is 5.32 Å². The van der Waals surface area contributed by atoms with Gasteiger partial charge in [-0.3, -0.25) is 4.79 Å². The van der Waals surface area contributed by atoms with Crippen molar-refractivity contribution in [3.05, 3.63) is 30.1 Å². The Kier molecular flexibility index (Phi) is 4.00. The molecule has 0 spiro atoms. The van der Waals surface area contributed by atoms with Gasteiger partial charge in [-0.05, 0) is 48.9 Å². The maximum absolute atomic E-state index is 12.8. The first-order valence-corrected chi connectivity index (χ1v) is 6.69. The summed E-state index contributed by atoms with van der Waals surface area (Å²) in [6.07, 6.45) is 6.42. The number of benzene rings is 1. The molecule has 0 unspecified atom stereocenters. The lowest BCUT2D eigenvalue weighted by atomic mass is 9.80. The molecule has 0 bridgehead atoms. The third-order valence-corrected chi connectivity index (χ3v) is 4.08. The molecule has 1 aromatic carbocycles. The zero-order valence-corrected chi connectivity index (χ0v) is 10.8. The molecular formula is C15H20FNO. The van der Waals surface area contributed by atoms with Crippen molar-refractivity contribution >= 4 is 11.6 Å². The molecule has 0 saturated heterocycles. The topological polar surface area (TPSA) is 29.1 Å². The van der Waals surface area contributed by atoms with Gasteiger partial charge in [-0.1, -0.05) is 19.8 Å². The molecular weight excluding hydrogens is 229 g/mol. The normalized spacial score (nSPS) is 17.7. The summed E-state index contributed by atoms with van der Waals surface area (Å²) in [6.45, 7) is 2.16. The van der Waals surface area contributed by atoms with Crippen LogP contribution in [0.15, 0.2) is 24.3 Å². The largest absolute Gasteiger partial charge is 0.326 e. The van der Waals surface area contributed by atoms with Crippen LogP contribution in [0.25, 0.3) is 0 Å². The predicted octanol–water partition coefficient (Wildman–Crippen LogP) is 4.12. The maximum atomic E-state index is 12.8. The van der Waals surface area contributed by atoms with E-state index in [-0.39, 0.29) is 17.1 Å². The van der Waals surface area contributed by atoms with Gasteiger partial charge in [0, 0.05) is 12.1 Å². The van der Waals surface area contributed by atoms with Gasteiger partial charge >= 0.3 is 0 Å². The van der Waals surface area contributed by atoms with E-state index in [1.807, 2.05) is 0 Å². The zero-order valence-electron chi connectivity index (χ0n) is 10.8. The lowest BCUT2D eigenvalue weighted by Crippen LogP contribution is -2.24. The van der Waals surface area contributed by atoms with Gasteiger partial charge in [-0.25, -0.2) is 4.39 Å². The highest BCUT2D eigenvalue weighted by molar-refractivity contribution is 5.91. The van der Waals surface area contributed by atoms with Crippen molar-refractivity contribution in [3.63, 3.8) is 0 Å². The van der Waals surface area contributed by atoms with E-state index in [1.54, 1.807) is 12.1 Å². The van der Waals surface area contributed by atoms with Gasteiger partial charge in [0.1, 0.15) is 5.82 Å². The molecule has 1 aromatic rings. The fourth-order valence-corrected chi connectivity index (χ4v) is 2.86. The Morgan fingerprint density at radius 1 is 1.28 bits per heavy atom. The smallest absolute Gasteiger partial charge is 0.224 e. The maximum Gasteiger partial charge on any atom is 0.224 e. The van der Waals surface area contributed by atoms with E-state index >= 15 is 0 Å².